The molecule has 0 saturated carbocycles. The molecule has 0 heterocycles. The van der Waals surface area contributed by atoms with E-state index in [2.05, 4.69) is 41.5 Å². The van der Waals surface area contributed by atoms with Crippen LogP contribution in [0.5, 0.6) is 0 Å². The van der Waals surface area contributed by atoms with Crippen LogP contribution in [0, 0.1) is 0 Å². The second-order valence-corrected chi connectivity index (χ2v) is 5.82. The molecule has 0 amide bonds. The Morgan fingerprint density at radius 1 is 1.00 bits per heavy atom. The summed E-state index contributed by atoms with van der Waals surface area (Å²) in [6.45, 7) is 13.9. The average molecular weight is 231 g/mol. The zero-order valence-corrected chi connectivity index (χ0v) is 11.8. The quantitative estimate of drug-likeness (QED) is 0.698. The third-order valence-corrected chi connectivity index (χ3v) is 2.50. The summed E-state index contributed by atoms with van der Waals surface area (Å²) in [6.07, 6.45) is 2.05. The zero-order chi connectivity index (χ0) is 12.8. The van der Waals surface area contributed by atoms with Gasteiger partial charge < -0.3 is 15.2 Å². The predicted molar refractivity (Wildman–Crippen MR) is 68.6 cm³/mol. The summed E-state index contributed by atoms with van der Waals surface area (Å²) in [5, 5.41) is 0. The molecule has 0 radical (unpaired) electrons. The highest BCUT2D eigenvalue weighted by molar-refractivity contribution is 4.73. The first kappa shape index (κ1) is 15.9. The average Bonchev–Trinajstić information content (AvgIpc) is 1.99. The van der Waals surface area contributed by atoms with Crippen molar-refractivity contribution in [2.75, 3.05) is 13.2 Å². The molecule has 0 fully saturated rings. The van der Waals surface area contributed by atoms with Gasteiger partial charge in [0.05, 0.1) is 23.9 Å². The summed E-state index contributed by atoms with van der Waals surface area (Å²) in [6, 6.07) is 0. The SMILES string of the molecule is CC(C)OC(C)(C)CCOC(C)(C)CCN. The Balaban J connectivity index is 3.88. The monoisotopic (exact) mass is 231 g/mol. The van der Waals surface area contributed by atoms with Crippen LogP contribution in [0.25, 0.3) is 0 Å². The van der Waals surface area contributed by atoms with Crippen LogP contribution in [0.3, 0.4) is 0 Å². The van der Waals surface area contributed by atoms with E-state index in [1.54, 1.807) is 0 Å². The lowest BCUT2D eigenvalue weighted by atomic mass is 10.0. The third-order valence-electron chi connectivity index (χ3n) is 2.50. The van der Waals surface area contributed by atoms with Crippen LogP contribution in [0.15, 0.2) is 0 Å². The fourth-order valence-electron chi connectivity index (χ4n) is 1.69. The van der Waals surface area contributed by atoms with Gasteiger partial charge in [0.25, 0.3) is 0 Å². The summed E-state index contributed by atoms with van der Waals surface area (Å²) in [5.74, 6) is 0. The van der Waals surface area contributed by atoms with Crippen molar-refractivity contribution in [3.05, 3.63) is 0 Å². The lowest BCUT2D eigenvalue weighted by molar-refractivity contribution is -0.0925. The van der Waals surface area contributed by atoms with Gasteiger partial charge in [-0.3, -0.25) is 0 Å². The molecule has 3 nitrogen and oxygen atoms in total. The number of hydrogen-bond donors (Lipinski definition) is 1. The van der Waals surface area contributed by atoms with E-state index in [-0.39, 0.29) is 17.3 Å². The number of hydrogen-bond acceptors (Lipinski definition) is 3. The summed E-state index contributed by atoms with van der Waals surface area (Å²) in [7, 11) is 0. The molecule has 0 spiro atoms. The molecule has 0 rings (SSSR count). The summed E-state index contributed by atoms with van der Waals surface area (Å²) >= 11 is 0. The Morgan fingerprint density at radius 3 is 2.00 bits per heavy atom. The number of nitrogens with two attached hydrogens (primary N) is 1. The van der Waals surface area contributed by atoms with Crippen molar-refractivity contribution in [2.24, 2.45) is 5.73 Å². The molecule has 0 aliphatic heterocycles. The number of ether oxygens (including phenoxy) is 2. The fraction of sp³-hybridized carbons (Fsp3) is 1.00. The fourth-order valence-corrected chi connectivity index (χ4v) is 1.69. The van der Waals surface area contributed by atoms with Gasteiger partial charge in [-0.2, -0.15) is 0 Å². The van der Waals surface area contributed by atoms with Crippen molar-refractivity contribution in [2.45, 2.75) is 71.7 Å². The largest absolute Gasteiger partial charge is 0.375 e. The maximum atomic E-state index is 5.83. The first-order chi connectivity index (χ1) is 7.18. The zero-order valence-electron chi connectivity index (χ0n) is 11.8. The highest BCUT2D eigenvalue weighted by Crippen LogP contribution is 2.20. The van der Waals surface area contributed by atoms with E-state index < -0.39 is 0 Å². The summed E-state index contributed by atoms with van der Waals surface area (Å²) in [5.41, 5.74) is 5.29. The molecule has 3 heteroatoms. The second kappa shape index (κ2) is 6.58. The van der Waals surface area contributed by atoms with E-state index in [1.807, 2.05) is 0 Å². The first-order valence-electron chi connectivity index (χ1n) is 6.20. The summed E-state index contributed by atoms with van der Waals surface area (Å²) in [4.78, 5) is 0. The minimum atomic E-state index is -0.122. The minimum Gasteiger partial charge on any atom is -0.375 e. The van der Waals surface area contributed by atoms with Crippen molar-refractivity contribution in [3.63, 3.8) is 0 Å². The number of rotatable bonds is 8. The van der Waals surface area contributed by atoms with Crippen LogP contribution in [0.1, 0.15) is 54.4 Å². The van der Waals surface area contributed by atoms with Gasteiger partial charge in [0.1, 0.15) is 0 Å². The van der Waals surface area contributed by atoms with Crippen molar-refractivity contribution in [1.29, 1.82) is 0 Å². The van der Waals surface area contributed by atoms with E-state index in [0.29, 0.717) is 13.2 Å². The van der Waals surface area contributed by atoms with Crippen LogP contribution >= 0.6 is 0 Å². The van der Waals surface area contributed by atoms with Crippen LogP contribution in [-0.4, -0.2) is 30.5 Å². The van der Waals surface area contributed by atoms with Crippen molar-refractivity contribution in [3.8, 4) is 0 Å². The molecule has 2 N–H and O–H groups in total. The van der Waals surface area contributed by atoms with E-state index in [9.17, 15) is 0 Å². The lowest BCUT2D eigenvalue weighted by Gasteiger charge is -2.30. The van der Waals surface area contributed by atoms with Crippen molar-refractivity contribution in [1.82, 2.24) is 0 Å². The van der Waals surface area contributed by atoms with E-state index in [4.69, 9.17) is 15.2 Å². The molecule has 0 aromatic heterocycles. The molecule has 0 aliphatic rings. The highest BCUT2D eigenvalue weighted by atomic mass is 16.5. The Bertz CT molecular complexity index is 188. The Hall–Kier alpha value is -0.120. The van der Waals surface area contributed by atoms with Crippen LogP contribution in [0.2, 0.25) is 0 Å². The molecule has 0 unspecified atom stereocenters. The van der Waals surface area contributed by atoms with E-state index in [0.717, 1.165) is 12.8 Å². The molecule has 16 heavy (non-hydrogen) atoms. The topological polar surface area (TPSA) is 44.5 Å². The molecule has 0 saturated heterocycles. The molecular weight excluding hydrogens is 202 g/mol. The van der Waals surface area contributed by atoms with Gasteiger partial charge in [-0.1, -0.05) is 0 Å². The van der Waals surface area contributed by atoms with Gasteiger partial charge in [0.15, 0.2) is 0 Å². The van der Waals surface area contributed by atoms with Gasteiger partial charge >= 0.3 is 0 Å². The second-order valence-electron chi connectivity index (χ2n) is 5.82. The standard InChI is InChI=1S/C13H29NO2/c1-11(2)16-13(5,6)8-10-15-12(3,4)7-9-14/h11H,7-10,14H2,1-6H3. The minimum absolute atomic E-state index is 0.118. The maximum absolute atomic E-state index is 5.83. The summed E-state index contributed by atoms with van der Waals surface area (Å²) < 4.78 is 11.6. The van der Waals surface area contributed by atoms with Crippen LogP contribution in [-0.2, 0) is 9.47 Å². The maximum Gasteiger partial charge on any atom is 0.0651 e. The van der Waals surface area contributed by atoms with Crippen LogP contribution in [0.4, 0.5) is 0 Å². The van der Waals surface area contributed by atoms with Gasteiger partial charge in [-0.25, -0.2) is 0 Å². The Kier molecular flexibility index (Phi) is 6.53. The Labute approximate surface area is 101 Å². The molecular formula is C13H29NO2. The molecule has 0 atom stereocenters. The van der Waals surface area contributed by atoms with Gasteiger partial charge in [-0.05, 0) is 60.9 Å². The van der Waals surface area contributed by atoms with Crippen LogP contribution < -0.4 is 5.73 Å². The predicted octanol–water partition coefficient (Wildman–Crippen LogP) is 2.72. The molecule has 0 aromatic carbocycles. The molecule has 0 aliphatic carbocycles. The lowest BCUT2D eigenvalue weighted by Crippen LogP contribution is -2.33. The van der Waals surface area contributed by atoms with E-state index >= 15 is 0 Å². The van der Waals surface area contributed by atoms with E-state index in [1.165, 1.54) is 0 Å². The van der Waals surface area contributed by atoms with Gasteiger partial charge in [0, 0.05) is 0 Å². The highest BCUT2D eigenvalue weighted by Gasteiger charge is 2.22. The Morgan fingerprint density at radius 2 is 1.56 bits per heavy atom. The van der Waals surface area contributed by atoms with Crippen molar-refractivity contribution >= 4 is 0 Å². The molecule has 0 aromatic rings. The normalized spacial score (nSPS) is 13.5. The molecule has 98 valence electrons. The third kappa shape index (κ3) is 8.08. The first-order valence-corrected chi connectivity index (χ1v) is 6.20. The smallest absolute Gasteiger partial charge is 0.0651 e. The molecule has 0 bridgehead atoms. The van der Waals surface area contributed by atoms with Gasteiger partial charge in [-0.15, -0.1) is 0 Å². The van der Waals surface area contributed by atoms with Gasteiger partial charge in [0.2, 0.25) is 0 Å². The van der Waals surface area contributed by atoms with Crippen molar-refractivity contribution < 1.29 is 9.47 Å².